The number of rotatable bonds is 5. The summed E-state index contributed by atoms with van der Waals surface area (Å²) < 4.78 is 0. The molecule has 0 bridgehead atoms. The predicted molar refractivity (Wildman–Crippen MR) is 84.7 cm³/mol. The van der Waals surface area contributed by atoms with E-state index >= 15 is 0 Å². The Balaban J connectivity index is 2.40. The van der Waals surface area contributed by atoms with Crippen molar-refractivity contribution in [3.63, 3.8) is 0 Å². The van der Waals surface area contributed by atoms with Crippen molar-refractivity contribution in [1.82, 2.24) is 9.80 Å². The molecule has 1 atom stereocenters. The number of carboxylic acid groups (broad SMARTS) is 1. The molecule has 2 rings (SSSR count). The van der Waals surface area contributed by atoms with Crippen molar-refractivity contribution in [3.8, 4) is 0 Å². The molecule has 116 valence electrons. The zero-order valence-corrected chi connectivity index (χ0v) is 13.4. The minimum atomic E-state index is -0.768. The third-order valence-electron chi connectivity index (χ3n) is 4.50. The molecular formula is C16H23ClN2O2. The summed E-state index contributed by atoms with van der Waals surface area (Å²) in [6.07, 6.45) is 0.858. The van der Waals surface area contributed by atoms with E-state index in [2.05, 4.69) is 23.8 Å². The van der Waals surface area contributed by atoms with E-state index < -0.39 is 11.5 Å². The first-order chi connectivity index (χ1) is 9.98. The van der Waals surface area contributed by atoms with Crippen LogP contribution < -0.4 is 0 Å². The fourth-order valence-electron chi connectivity index (χ4n) is 3.21. The molecule has 0 aliphatic carbocycles. The first-order valence-corrected chi connectivity index (χ1v) is 7.77. The van der Waals surface area contributed by atoms with Gasteiger partial charge in [-0.2, -0.15) is 0 Å². The van der Waals surface area contributed by atoms with Crippen LogP contribution >= 0.6 is 11.6 Å². The lowest BCUT2D eigenvalue weighted by molar-refractivity contribution is -0.141. The molecule has 1 aliphatic rings. The largest absolute Gasteiger partial charge is 0.481 e. The molecule has 5 heteroatoms. The van der Waals surface area contributed by atoms with Crippen LogP contribution in [0.3, 0.4) is 0 Å². The van der Waals surface area contributed by atoms with Crippen LogP contribution in [-0.4, -0.2) is 54.1 Å². The zero-order valence-electron chi connectivity index (χ0n) is 12.7. The van der Waals surface area contributed by atoms with Gasteiger partial charge in [-0.3, -0.25) is 9.69 Å². The molecule has 1 unspecified atom stereocenters. The summed E-state index contributed by atoms with van der Waals surface area (Å²) in [5, 5.41) is 10.1. The van der Waals surface area contributed by atoms with Crippen LogP contribution in [0.15, 0.2) is 24.3 Å². The summed E-state index contributed by atoms with van der Waals surface area (Å²) in [6, 6.07) is 7.64. The highest BCUT2D eigenvalue weighted by atomic mass is 35.5. The van der Waals surface area contributed by atoms with Gasteiger partial charge in [0.15, 0.2) is 0 Å². The molecule has 1 aromatic carbocycles. The number of aliphatic carboxylic acids is 1. The van der Waals surface area contributed by atoms with Gasteiger partial charge in [-0.25, -0.2) is 0 Å². The average molecular weight is 311 g/mol. The number of carboxylic acids is 1. The van der Waals surface area contributed by atoms with Gasteiger partial charge in [-0.05, 0) is 31.2 Å². The Hall–Kier alpha value is -1.10. The van der Waals surface area contributed by atoms with Crippen molar-refractivity contribution in [1.29, 1.82) is 0 Å². The third-order valence-corrected chi connectivity index (χ3v) is 4.73. The van der Waals surface area contributed by atoms with Crippen LogP contribution in [-0.2, 0) is 10.3 Å². The molecule has 1 fully saturated rings. The maximum absolute atomic E-state index is 11.5. The second-order valence-corrected chi connectivity index (χ2v) is 6.19. The number of benzene rings is 1. The summed E-state index contributed by atoms with van der Waals surface area (Å²) in [7, 11) is 2.10. The van der Waals surface area contributed by atoms with Crippen LogP contribution in [0.4, 0.5) is 0 Å². The minimum absolute atomic E-state index is 0.105. The number of hydrogen-bond acceptors (Lipinski definition) is 3. The Morgan fingerprint density at radius 3 is 2.52 bits per heavy atom. The molecule has 1 N–H and O–H groups in total. The minimum Gasteiger partial charge on any atom is -0.481 e. The molecule has 1 heterocycles. The Bertz CT molecular complexity index is 501. The molecule has 0 saturated carbocycles. The molecule has 1 aliphatic heterocycles. The smallest absolute Gasteiger partial charge is 0.305 e. The Labute approximate surface area is 131 Å². The quantitative estimate of drug-likeness (QED) is 0.908. The van der Waals surface area contributed by atoms with E-state index in [1.54, 1.807) is 0 Å². The Morgan fingerprint density at radius 1 is 1.33 bits per heavy atom. The molecule has 0 aromatic heterocycles. The molecule has 0 radical (unpaired) electrons. The van der Waals surface area contributed by atoms with Crippen LogP contribution in [0.5, 0.6) is 0 Å². The standard InChI is InChI=1S/C16H23ClN2O2/c1-3-16(12-15(20)21,13-5-4-6-14(17)11-13)19-9-7-18(2)8-10-19/h4-6,11H,3,7-10,12H2,1-2H3,(H,20,21). The van der Waals surface area contributed by atoms with Crippen molar-refractivity contribution in [2.75, 3.05) is 33.2 Å². The number of likely N-dealkylation sites (N-methyl/N-ethyl adjacent to an activating group) is 1. The molecule has 0 spiro atoms. The summed E-state index contributed by atoms with van der Waals surface area (Å²) in [5.74, 6) is -0.768. The van der Waals surface area contributed by atoms with E-state index in [0.717, 1.165) is 38.2 Å². The van der Waals surface area contributed by atoms with E-state index in [1.165, 1.54) is 0 Å². The monoisotopic (exact) mass is 310 g/mol. The molecule has 21 heavy (non-hydrogen) atoms. The summed E-state index contributed by atoms with van der Waals surface area (Å²) >= 11 is 6.13. The number of carbonyl (C=O) groups is 1. The Morgan fingerprint density at radius 2 is 2.00 bits per heavy atom. The van der Waals surface area contributed by atoms with Crippen molar-refractivity contribution >= 4 is 17.6 Å². The van der Waals surface area contributed by atoms with Crippen LogP contribution in [0, 0.1) is 0 Å². The second-order valence-electron chi connectivity index (χ2n) is 5.76. The SMILES string of the molecule is CCC(CC(=O)O)(c1cccc(Cl)c1)N1CCN(C)CC1. The first-order valence-electron chi connectivity index (χ1n) is 7.39. The van der Waals surface area contributed by atoms with Crippen LogP contribution in [0.25, 0.3) is 0 Å². The topological polar surface area (TPSA) is 43.8 Å². The molecule has 1 aromatic rings. The van der Waals surface area contributed by atoms with Crippen LogP contribution in [0.2, 0.25) is 5.02 Å². The van der Waals surface area contributed by atoms with Gasteiger partial charge >= 0.3 is 5.97 Å². The van der Waals surface area contributed by atoms with Crippen molar-refractivity contribution in [2.24, 2.45) is 0 Å². The zero-order chi connectivity index (χ0) is 15.5. The molecule has 4 nitrogen and oxygen atoms in total. The fraction of sp³-hybridized carbons (Fsp3) is 0.562. The molecular weight excluding hydrogens is 288 g/mol. The second kappa shape index (κ2) is 6.77. The number of nitrogens with zero attached hydrogens (tertiary/aromatic N) is 2. The highest BCUT2D eigenvalue weighted by molar-refractivity contribution is 6.30. The highest BCUT2D eigenvalue weighted by Gasteiger charge is 2.40. The van der Waals surface area contributed by atoms with Gasteiger partial charge in [0.2, 0.25) is 0 Å². The number of hydrogen-bond donors (Lipinski definition) is 1. The number of halogens is 1. The van der Waals surface area contributed by atoms with E-state index in [0.29, 0.717) is 5.02 Å². The van der Waals surface area contributed by atoms with Gasteiger partial charge in [0, 0.05) is 31.2 Å². The van der Waals surface area contributed by atoms with Gasteiger partial charge in [-0.1, -0.05) is 30.7 Å². The van der Waals surface area contributed by atoms with E-state index in [-0.39, 0.29) is 6.42 Å². The van der Waals surface area contributed by atoms with Gasteiger partial charge in [0.1, 0.15) is 0 Å². The number of piperazine rings is 1. The van der Waals surface area contributed by atoms with Crippen LogP contribution in [0.1, 0.15) is 25.3 Å². The normalized spacial score (nSPS) is 20.1. The van der Waals surface area contributed by atoms with E-state index in [1.807, 2.05) is 24.3 Å². The lowest BCUT2D eigenvalue weighted by atomic mass is 9.81. The van der Waals surface area contributed by atoms with Gasteiger partial charge in [0.25, 0.3) is 0 Å². The summed E-state index contributed by atoms with van der Waals surface area (Å²) in [6.45, 7) is 5.74. The van der Waals surface area contributed by atoms with Crippen molar-refractivity contribution < 1.29 is 9.90 Å². The predicted octanol–water partition coefficient (Wildman–Crippen LogP) is 2.67. The molecule has 1 saturated heterocycles. The van der Waals surface area contributed by atoms with Gasteiger partial charge < -0.3 is 10.0 Å². The van der Waals surface area contributed by atoms with Crippen molar-refractivity contribution in [3.05, 3.63) is 34.9 Å². The average Bonchev–Trinajstić information content (AvgIpc) is 2.45. The molecule has 0 amide bonds. The highest BCUT2D eigenvalue weighted by Crippen LogP contribution is 2.37. The van der Waals surface area contributed by atoms with E-state index in [9.17, 15) is 9.90 Å². The maximum atomic E-state index is 11.5. The van der Waals surface area contributed by atoms with Gasteiger partial charge in [0.05, 0.1) is 12.0 Å². The lowest BCUT2D eigenvalue weighted by Crippen LogP contribution is -2.55. The first kappa shape index (κ1) is 16.3. The summed E-state index contributed by atoms with van der Waals surface area (Å²) in [4.78, 5) is 16.1. The van der Waals surface area contributed by atoms with E-state index in [4.69, 9.17) is 11.6 Å². The van der Waals surface area contributed by atoms with Gasteiger partial charge in [-0.15, -0.1) is 0 Å². The maximum Gasteiger partial charge on any atom is 0.305 e. The third kappa shape index (κ3) is 3.57. The Kier molecular flexibility index (Phi) is 5.25. The lowest BCUT2D eigenvalue weighted by Gasteiger charge is -2.47. The fourth-order valence-corrected chi connectivity index (χ4v) is 3.40. The van der Waals surface area contributed by atoms with Crippen molar-refractivity contribution in [2.45, 2.75) is 25.3 Å². The summed E-state index contributed by atoms with van der Waals surface area (Å²) in [5.41, 5.74) is 0.530.